The molecule has 1 saturated heterocycles. The van der Waals surface area contributed by atoms with Crippen LogP contribution in [0.3, 0.4) is 0 Å². The number of aromatic amines is 1. The number of carbonyl (C=O) groups is 1. The average molecular weight is 474 g/mol. The normalized spacial score (nSPS) is 16.3. The SMILES string of the molecule is CC(C)(O)CC1CCN(C(=O)c2[nH]nc(-c3cccc(C(F)(F)F)c3)c2Br)CC1. The topological polar surface area (TPSA) is 69.2 Å². The number of amides is 1. The largest absolute Gasteiger partial charge is 0.416 e. The molecule has 1 amide bonds. The van der Waals surface area contributed by atoms with Gasteiger partial charge in [0.05, 0.1) is 15.6 Å². The minimum atomic E-state index is -4.45. The summed E-state index contributed by atoms with van der Waals surface area (Å²) in [4.78, 5) is 14.6. The maximum absolute atomic E-state index is 13.0. The summed E-state index contributed by atoms with van der Waals surface area (Å²) in [6.45, 7) is 4.68. The fourth-order valence-electron chi connectivity index (χ4n) is 3.71. The molecule has 1 aromatic heterocycles. The third-order valence-electron chi connectivity index (χ3n) is 5.07. The Labute approximate surface area is 175 Å². The van der Waals surface area contributed by atoms with Gasteiger partial charge in [0.25, 0.3) is 5.91 Å². The fourth-order valence-corrected chi connectivity index (χ4v) is 4.28. The molecule has 0 atom stereocenters. The van der Waals surface area contributed by atoms with Crippen LogP contribution in [0, 0.1) is 5.92 Å². The van der Waals surface area contributed by atoms with Gasteiger partial charge in [-0.15, -0.1) is 0 Å². The van der Waals surface area contributed by atoms with E-state index in [0.29, 0.717) is 29.9 Å². The molecule has 0 unspecified atom stereocenters. The van der Waals surface area contributed by atoms with E-state index >= 15 is 0 Å². The summed E-state index contributed by atoms with van der Waals surface area (Å²) < 4.78 is 39.3. The number of piperidine rings is 1. The Morgan fingerprint density at radius 1 is 1.31 bits per heavy atom. The number of hydrogen-bond acceptors (Lipinski definition) is 3. The fraction of sp³-hybridized carbons (Fsp3) is 0.500. The first-order valence-corrected chi connectivity index (χ1v) is 10.2. The molecule has 0 bridgehead atoms. The van der Waals surface area contributed by atoms with Crippen molar-refractivity contribution in [2.24, 2.45) is 5.92 Å². The number of halogens is 4. The van der Waals surface area contributed by atoms with E-state index in [1.807, 2.05) is 0 Å². The summed E-state index contributed by atoms with van der Waals surface area (Å²) in [6.07, 6.45) is -2.18. The molecule has 2 N–H and O–H groups in total. The molecule has 0 aliphatic carbocycles. The van der Waals surface area contributed by atoms with Gasteiger partial charge < -0.3 is 10.0 Å². The van der Waals surface area contributed by atoms with Crippen LogP contribution in [0.4, 0.5) is 13.2 Å². The van der Waals surface area contributed by atoms with E-state index in [0.717, 1.165) is 25.0 Å². The Balaban J connectivity index is 1.74. The van der Waals surface area contributed by atoms with E-state index in [1.165, 1.54) is 12.1 Å². The number of nitrogens with one attached hydrogen (secondary N) is 1. The zero-order chi connectivity index (χ0) is 21.4. The van der Waals surface area contributed by atoms with Gasteiger partial charge in [-0.25, -0.2) is 0 Å². The van der Waals surface area contributed by atoms with E-state index in [9.17, 15) is 23.1 Å². The maximum Gasteiger partial charge on any atom is 0.416 e. The number of benzene rings is 1. The number of hydrogen-bond donors (Lipinski definition) is 2. The minimum absolute atomic E-state index is 0.221. The lowest BCUT2D eigenvalue weighted by Gasteiger charge is -2.34. The van der Waals surface area contributed by atoms with Gasteiger partial charge in [-0.3, -0.25) is 9.89 Å². The van der Waals surface area contributed by atoms with Crippen molar-refractivity contribution in [1.82, 2.24) is 15.1 Å². The van der Waals surface area contributed by atoms with Crippen molar-refractivity contribution in [1.29, 1.82) is 0 Å². The predicted octanol–water partition coefficient (Wildman–Crippen LogP) is 4.87. The molecule has 0 spiro atoms. The molecule has 3 rings (SSSR count). The Morgan fingerprint density at radius 2 is 1.97 bits per heavy atom. The van der Waals surface area contributed by atoms with Gasteiger partial charge in [-0.2, -0.15) is 18.3 Å². The molecule has 2 aromatic rings. The van der Waals surface area contributed by atoms with E-state index in [-0.39, 0.29) is 22.9 Å². The summed E-state index contributed by atoms with van der Waals surface area (Å²) in [6, 6.07) is 4.84. The minimum Gasteiger partial charge on any atom is -0.390 e. The molecule has 158 valence electrons. The number of alkyl halides is 3. The third kappa shape index (κ3) is 5.19. The van der Waals surface area contributed by atoms with Crippen molar-refractivity contribution in [2.45, 2.75) is 44.9 Å². The van der Waals surface area contributed by atoms with Crippen LogP contribution in [0.25, 0.3) is 11.3 Å². The number of carbonyl (C=O) groups excluding carboxylic acids is 1. The van der Waals surface area contributed by atoms with Crippen molar-refractivity contribution in [3.8, 4) is 11.3 Å². The van der Waals surface area contributed by atoms with Crippen molar-refractivity contribution >= 4 is 21.8 Å². The molecule has 1 aliphatic rings. The van der Waals surface area contributed by atoms with E-state index in [2.05, 4.69) is 26.1 Å². The lowest BCUT2D eigenvalue weighted by molar-refractivity contribution is -0.137. The van der Waals surface area contributed by atoms with Crippen LogP contribution >= 0.6 is 15.9 Å². The molecule has 1 aliphatic heterocycles. The van der Waals surface area contributed by atoms with Gasteiger partial charge >= 0.3 is 6.18 Å². The molecule has 0 saturated carbocycles. The number of aliphatic hydroxyl groups is 1. The molecule has 5 nitrogen and oxygen atoms in total. The molecule has 1 fully saturated rings. The van der Waals surface area contributed by atoms with E-state index < -0.39 is 17.3 Å². The lowest BCUT2D eigenvalue weighted by Crippen LogP contribution is -2.40. The molecular formula is C20H23BrF3N3O2. The predicted molar refractivity (Wildman–Crippen MR) is 106 cm³/mol. The number of H-pyrrole nitrogens is 1. The van der Waals surface area contributed by atoms with Crippen LogP contribution in [-0.4, -0.2) is 44.8 Å². The summed E-state index contributed by atoms with van der Waals surface area (Å²) >= 11 is 3.33. The van der Waals surface area contributed by atoms with Gasteiger partial charge in [-0.05, 0) is 67.1 Å². The molecule has 0 radical (unpaired) electrons. The highest BCUT2D eigenvalue weighted by atomic mass is 79.9. The number of aromatic nitrogens is 2. The highest BCUT2D eigenvalue weighted by molar-refractivity contribution is 9.10. The molecule has 1 aromatic carbocycles. The van der Waals surface area contributed by atoms with Crippen molar-refractivity contribution in [3.63, 3.8) is 0 Å². The average Bonchev–Trinajstić information content (AvgIpc) is 3.01. The van der Waals surface area contributed by atoms with Crippen molar-refractivity contribution in [2.75, 3.05) is 13.1 Å². The Hall–Kier alpha value is -1.87. The zero-order valence-corrected chi connectivity index (χ0v) is 17.8. The van der Waals surface area contributed by atoms with Gasteiger partial charge in [0.1, 0.15) is 11.4 Å². The lowest BCUT2D eigenvalue weighted by atomic mass is 9.86. The monoisotopic (exact) mass is 473 g/mol. The number of nitrogens with zero attached hydrogens (tertiary/aromatic N) is 2. The van der Waals surface area contributed by atoms with E-state index in [4.69, 9.17) is 0 Å². The van der Waals surface area contributed by atoms with Crippen LogP contribution < -0.4 is 0 Å². The van der Waals surface area contributed by atoms with Crippen molar-refractivity contribution < 1.29 is 23.1 Å². The summed E-state index contributed by atoms with van der Waals surface area (Å²) in [5, 5.41) is 16.7. The van der Waals surface area contributed by atoms with Gasteiger partial charge in [0.15, 0.2) is 0 Å². The van der Waals surface area contributed by atoms with Crippen LogP contribution in [-0.2, 0) is 6.18 Å². The Morgan fingerprint density at radius 3 is 2.55 bits per heavy atom. The molecule has 2 heterocycles. The second-order valence-electron chi connectivity index (χ2n) is 8.09. The van der Waals surface area contributed by atoms with Gasteiger partial charge in [-0.1, -0.05) is 12.1 Å². The van der Waals surface area contributed by atoms with E-state index in [1.54, 1.807) is 18.7 Å². The smallest absolute Gasteiger partial charge is 0.390 e. The van der Waals surface area contributed by atoms with Crippen LogP contribution in [0.15, 0.2) is 28.7 Å². The highest BCUT2D eigenvalue weighted by Crippen LogP contribution is 2.35. The first-order valence-electron chi connectivity index (χ1n) is 9.39. The summed E-state index contributed by atoms with van der Waals surface area (Å²) in [7, 11) is 0. The standard InChI is InChI=1S/C20H23BrF3N3O2/c1-19(2,29)11-12-6-8-27(9-7-12)18(28)17-15(21)16(25-26-17)13-4-3-5-14(10-13)20(22,23)24/h3-5,10,12,29H,6-9,11H2,1-2H3,(H,25,26). The van der Waals surface area contributed by atoms with Crippen LogP contribution in [0.2, 0.25) is 0 Å². The second kappa shape index (κ2) is 8.10. The summed E-state index contributed by atoms with van der Waals surface area (Å²) in [5.41, 5.74) is -0.754. The molecular weight excluding hydrogens is 451 g/mol. The van der Waals surface area contributed by atoms with Gasteiger partial charge in [0.2, 0.25) is 0 Å². The van der Waals surface area contributed by atoms with Crippen LogP contribution in [0.5, 0.6) is 0 Å². The molecule has 29 heavy (non-hydrogen) atoms. The first kappa shape index (κ1) is 21.8. The Bertz CT molecular complexity index is 882. The zero-order valence-electron chi connectivity index (χ0n) is 16.2. The van der Waals surface area contributed by atoms with Crippen molar-refractivity contribution in [3.05, 3.63) is 40.0 Å². The second-order valence-corrected chi connectivity index (χ2v) is 8.88. The number of rotatable bonds is 4. The number of likely N-dealkylation sites (tertiary alicyclic amines) is 1. The first-order chi connectivity index (χ1) is 13.5. The third-order valence-corrected chi connectivity index (χ3v) is 5.85. The highest BCUT2D eigenvalue weighted by Gasteiger charge is 2.32. The maximum atomic E-state index is 13.0. The summed E-state index contributed by atoms with van der Waals surface area (Å²) in [5.74, 6) is 0.106. The van der Waals surface area contributed by atoms with Gasteiger partial charge in [0, 0.05) is 18.7 Å². The quantitative estimate of drug-likeness (QED) is 0.665. The van der Waals surface area contributed by atoms with Crippen LogP contribution in [0.1, 0.15) is 49.2 Å². The Kier molecular flexibility index (Phi) is 6.10. The molecule has 9 heteroatoms.